The lowest BCUT2D eigenvalue weighted by atomic mass is 9.78. The van der Waals surface area contributed by atoms with E-state index in [0.717, 1.165) is 11.3 Å². The number of hydrogen-bond donors (Lipinski definition) is 0. The summed E-state index contributed by atoms with van der Waals surface area (Å²) in [6.07, 6.45) is 0.262. The van der Waals surface area contributed by atoms with Crippen molar-refractivity contribution in [3.63, 3.8) is 0 Å². The van der Waals surface area contributed by atoms with Crippen molar-refractivity contribution >= 4 is 12.1 Å². The van der Waals surface area contributed by atoms with Crippen LogP contribution < -0.4 is 4.74 Å². The summed E-state index contributed by atoms with van der Waals surface area (Å²) in [5.41, 5.74) is 0.460. The fraction of sp³-hybridized carbons (Fsp3) is 0.600. The maximum Gasteiger partial charge on any atom is 0.410 e. The molecule has 6 nitrogen and oxygen atoms in total. The second-order valence-corrected chi connectivity index (χ2v) is 7.73. The van der Waals surface area contributed by atoms with Gasteiger partial charge in [0.15, 0.2) is 0 Å². The number of benzene rings is 1. The van der Waals surface area contributed by atoms with Gasteiger partial charge >= 0.3 is 12.1 Å². The van der Waals surface area contributed by atoms with Crippen molar-refractivity contribution in [2.45, 2.75) is 51.7 Å². The van der Waals surface area contributed by atoms with Crippen molar-refractivity contribution in [3.8, 4) is 5.75 Å². The normalized spacial score (nSPS) is 23.3. The lowest BCUT2D eigenvalue weighted by molar-refractivity contribution is -0.148. The standard InChI is InChI=1S/C20H29NO5/c1-13-11-16(14-7-9-15(24-5)10-8-14)17(18(22)25-6)12-21(13)19(23)26-20(2,3)4/h7-10,13,16-17H,11-12H2,1-6H3. The number of methoxy groups -OCH3 is 2. The summed E-state index contributed by atoms with van der Waals surface area (Å²) >= 11 is 0. The molecular weight excluding hydrogens is 334 g/mol. The van der Waals surface area contributed by atoms with Crippen molar-refractivity contribution in [1.29, 1.82) is 0 Å². The van der Waals surface area contributed by atoms with Crippen LogP contribution in [0.15, 0.2) is 24.3 Å². The van der Waals surface area contributed by atoms with Gasteiger partial charge in [0, 0.05) is 18.5 Å². The molecular formula is C20H29NO5. The molecule has 3 atom stereocenters. The highest BCUT2D eigenvalue weighted by molar-refractivity contribution is 5.76. The molecule has 2 rings (SSSR count). The molecule has 1 saturated heterocycles. The zero-order chi connectivity index (χ0) is 19.5. The minimum atomic E-state index is -0.579. The van der Waals surface area contributed by atoms with E-state index in [4.69, 9.17) is 14.2 Å². The average molecular weight is 363 g/mol. The highest BCUT2D eigenvalue weighted by Gasteiger charge is 2.42. The highest BCUT2D eigenvalue weighted by atomic mass is 16.6. The number of piperidine rings is 1. The second kappa shape index (κ2) is 7.98. The molecule has 0 bridgehead atoms. The van der Waals surface area contributed by atoms with E-state index in [1.165, 1.54) is 7.11 Å². The predicted octanol–water partition coefficient (Wildman–Crippen LogP) is 3.60. The smallest absolute Gasteiger partial charge is 0.410 e. The number of carbonyl (C=O) groups excluding carboxylic acids is 2. The molecule has 1 aliphatic rings. The summed E-state index contributed by atoms with van der Waals surface area (Å²) in [7, 11) is 3.00. The number of carbonyl (C=O) groups is 2. The third-order valence-corrected chi connectivity index (χ3v) is 4.68. The van der Waals surface area contributed by atoms with Crippen LogP contribution in [0.4, 0.5) is 4.79 Å². The number of amides is 1. The van der Waals surface area contributed by atoms with Gasteiger partial charge in [-0.1, -0.05) is 12.1 Å². The van der Waals surface area contributed by atoms with E-state index in [9.17, 15) is 9.59 Å². The van der Waals surface area contributed by atoms with Gasteiger partial charge in [-0.25, -0.2) is 4.79 Å². The first-order valence-electron chi connectivity index (χ1n) is 8.87. The van der Waals surface area contributed by atoms with E-state index >= 15 is 0 Å². The van der Waals surface area contributed by atoms with Crippen LogP contribution in [0, 0.1) is 5.92 Å². The lowest BCUT2D eigenvalue weighted by Gasteiger charge is -2.42. The number of esters is 1. The Morgan fingerprint density at radius 2 is 1.73 bits per heavy atom. The van der Waals surface area contributed by atoms with Gasteiger partial charge in [0.2, 0.25) is 0 Å². The fourth-order valence-corrected chi connectivity index (χ4v) is 3.36. The molecule has 0 saturated carbocycles. The SMILES string of the molecule is COC(=O)C1CN(C(=O)OC(C)(C)C)C(C)CC1c1ccc(OC)cc1. The Hall–Kier alpha value is -2.24. The lowest BCUT2D eigenvalue weighted by Crippen LogP contribution is -2.51. The molecule has 144 valence electrons. The van der Waals surface area contributed by atoms with Crippen LogP contribution in [-0.4, -0.2) is 49.4 Å². The maximum atomic E-state index is 12.5. The van der Waals surface area contributed by atoms with Gasteiger partial charge in [0.05, 0.1) is 20.1 Å². The Balaban J connectivity index is 2.25. The second-order valence-electron chi connectivity index (χ2n) is 7.73. The van der Waals surface area contributed by atoms with Gasteiger partial charge in [0.1, 0.15) is 11.4 Å². The van der Waals surface area contributed by atoms with Gasteiger partial charge in [-0.2, -0.15) is 0 Å². The van der Waals surface area contributed by atoms with E-state index in [-0.39, 0.29) is 24.5 Å². The van der Waals surface area contributed by atoms with Gasteiger partial charge in [-0.3, -0.25) is 4.79 Å². The predicted molar refractivity (Wildman–Crippen MR) is 98.3 cm³/mol. The molecule has 1 fully saturated rings. The monoisotopic (exact) mass is 363 g/mol. The molecule has 0 N–H and O–H groups in total. The molecule has 1 heterocycles. The van der Waals surface area contributed by atoms with Crippen molar-refractivity contribution in [2.75, 3.05) is 20.8 Å². The summed E-state index contributed by atoms with van der Waals surface area (Å²) < 4.78 is 15.7. The Morgan fingerprint density at radius 3 is 2.23 bits per heavy atom. The fourth-order valence-electron chi connectivity index (χ4n) is 3.36. The Labute approximate surface area is 155 Å². The third-order valence-electron chi connectivity index (χ3n) is 4.68. The molecule has 1 aromatic carbocycles. The molecule has 0 aliphatic carbocycles. The molecule has 1 aliphatic heterocycles. The van der Waals surface area contributed by atoms with Gasteiger partial charge in [-0.15, -0.1) is 0 Å². The first kappa shape index (κ1) is 20.1. The molecule has 0 aromatic heterocycles. The zero-order valence-corrected chi connectivity index (χ0v) is 16.4. The number of ether oxygens (including phenoxy) is 3. The molecule has 0 spiro atoms. The van der Waals surface area contributed by atoms with Crippen LogP contribution in [0.1, 0.15) is 45.6 Å². The van der Waals surface area contributed by atoms with Crippen LogP contribution in [0.3, 0.4) is 0 Å². The van der Waals surface area contributed by atoms with E-state index in [1.54, 1.807) is 12.0 Å². The minimum absolute atomic E-state index is 0.0259. The molecule has 0 radical (unpaired) electrons. The van der Waals surface area contributed by atoms with Gasteiger partial charge in [0.25, 0.3) is 0 Å². The van der Waals surface area contributed by atoms with Crippen LogP contribution >= 0.6 is 0 Å². The number of hydrogen-bond acceptors (Lipinski definition) is 5. The molecule has 1 aromatic rings. The van der Waals surface area contributed by atoms with Crippen LogP contribution in [-0.2, 0) is 14.3 Å². The molecule has 1 amide bonds. The van der Waals surface area contributed by atoms with Crippen LogP contribution in [0.25, 0.3) is 0 Å². The summed E-state index contributed by atoms with van der Waals surface area (Å²) in [6.45, 7) is 7.75. The quantitative estimate of drug-likeness (QED) is 0.768. The number of rotatable bonds is 3. The maximum absolute atomic E-state index is 12.5. The van der Waals surface area contributed by atoms with Crippen molar-refractivity contribution in [2.24, 2.45) is 5.92 Å². The van der Waals surface area contributed by atoms with Crippen LogP contribution in [0.5, 0.6) is 5.75 Å². The molecule has 26 heavy (non-hydrogen) atoms. The Bertz CT molecular complexity index is 635. The largest absolute Gasteiger partial charge is 0.497 e. The Morgan fingerprint density at radius 1 is 1.12 bits per heavy atom. The topological polar surface area (TPSA) is 65.1 Å². The Kier molecular flexibility index (Phi) is 6.16. The van der Waals surface area contributed by atoms with E-state index < -0.39 is 17.6 Å². The highest BCUT2D eigenvalue weighted by Crippen LogP contribution is 2.37. The number of nitrogens with zero attached hydrogens (tertiary/aromatic N) is 1. The van der Waals surface area contributed by atoms with Crippen molar-refractivity contribution in [1.82, 2.24) is 4.90 Å². The van der Waals surface area contributed by atoms with E-state index in [0.29, 0.717) is 6.42 Å². The molecule has 3 unspecified atom stereocenters. The van der Waals surface area contributed by atoms with Crippen LogP contribution in [0.2, 0.25) is 0 Å². The average Bonchev–Trinajstić information content (AvgIpc) is 2.59. The van der Waals surface area contributed by atoms with Gasteiger partial charge < -0.3 is 19.1 Å². The summed E-state index contributed by atoms with van der Waals surface area (Å²) in [6, 6.07) is 7.66. The zero-order valence-electron chi connectivity index (χ0n) is 16.4. The van der Waals surface area contributed by atoms with Gasteiger partial charge in [-0.05, 0) is 51.8 Å². The van der Waals surface area contributed by atoms with Crippen molar-refractivity contribution < 1.29 is 23.8 Å². The van der Waals surface area contributed by atoms with Crippen molar-refractivity contribution in [3.05, 3.63) is 29.8 Å². The number of likely N-dealkylation sites (tertiary alicyclic amines) is 1. The van der Waals surface area contributed by atoms with E-state index in [1.807, 2.05) is 52.0 Å². The summed E-state index contributed by atoms with van der Waals surface area (Å²) in [5.74, 6) is -0.00644. The molecule has 6 heteroatoms. The summed E-state index contributed by atoms with van der Waals surface area (Å²) in [5, 5.41) is 0. The minimum Gasteiger partial charge on any atom is -0.497 e. The first-order valence-corrected chi connectivity index (χ1v) is 8.87. The first-order chi connectivity index (χ1) is 12.2. The van der Waals surface area contributed by atoms with E-state index in [2.05, 4.69) is 0 Å². The summed E-state index contributed by atoms with van der Waals surface area (Å²) in [4.78, 5) is 26.6. The third kappa shape index (κ3) is 4.68.